The van der Waals surface area contributed by atoms with Gasteiger partial charge in [0.15, 0.2) is 0 Å². The van der Waals surface area contributed by atoms with Crippen molar-refractivity contribution in [1.82, 2.24) is 5.32 Å². The lowest BCUT2D eigenvalue weighted by Gasteiger charge is -2.35. The maximum Gasteiger partial charge on any atom is 0.0332 e. The highest BCUT2D eigenvalue weighted by molar-refractivity contribution is 4.99. The van der Waals surface area contributed by atoms with E-state index in [1.54, 1.807) is 0 Å². The summed E-state index contributed by atoms with van der Waals surface area (Å²) in [5.41, 5.74) is 6.20. The standard InChI is InChI=1S/C11H24N2/c1-3-8-13-11(9-12)7-5-6-10(11)4-2/h10,13H,3-9,12H2,1-2H3. The van der Waals surface area contributed by atoms with E-state index in [1.165, 1.54) is 32.1 Å². The molecule has 0 heterocycles. The van der Waals surface area contributed by atoms with Crippen molar-refractivity contribution in [1.29, 1.82) is 0 Å². The summed E-state index contributed by atoms with van der Waals surface area (Å²) in [7, 11) is 0. The van der Waals surface area contributed by atoms with Crippen LogP contribution in [-0.4, -0.2) is 18.6 Å². The second-order valence-corrected chi connectivity index (χ2v) is 4.28. The lowest BCUT2D eigenvalue weighted by Crippen LogP contribution is -2.54. The van der Waals surface area contributed by atoms with Crippen LogP contribution >= 0.6 is 0 Å². The van der Waals surface area contributed by atoms with Gasteiger partial charge in [0.2, 0.25) is 0 Å². The fourth-order valence-electron chi connectivity index (χ4n) is 2.69. The molecule has 0 spiro atoms. The van der Waals surface area contributed by atoms with Crippen molar-refractivity contribution in [2.24, 2.45) is 11.7 Å². The zero-order valence-corrected chi connectivity index (χ0v) is 9.10. The SMILES string of the molecule is CCCNC1(CN)CCCC1CC. The molecule has 1 aliphatic carbocycles. The van der Waals surface area contributed by atoms with E-state index in [-0.39, 0.29) is 5.54 Å². The van der Waals surface area contributed by atoms with Crippen LogP contribution in [0.4, 0.5) is 0 Å². The van der Waals surface area contributed by atoms with Gasteiger partial charge >= 0.3 is 0 Å². The van der Waals surface area contributed by atoms with Gasteiger partial charge < -0.3 is 11.1 Å². The summed E-state index contributed by atoms with van der Waals surface area (Å²) < 4.78 is 0. The Morgan fingerprint density at radius 2 is 2.23 bits per heavy atom. The molecular formula is C11H24N2. The second kappa shape index (κ2) is 4.97. The molecular weight excluding hydrogens is 160 g/mol. The largest absolute Gasteiger partial charge is 0.329 e. The van der Waals surface area contributed by atoms with Crippen molar-refractivity contribution in [2.75, 3.05) is 13.1 Å². The van der Waals surface area contributed by atoms with Crippen LogP contribution in [0.15, 0.2) is 0 Å². The maximum atomic E-state index is 5.91. The molecule has 2 unspecified atom stereocenters. The average Bonchev–Trinajstić information content (AvgIpc) is 2.58. The fourth-order valence-corrected chi connectivity index (χ4v) is 2.69. The molecule has 0 aromatic carbocycles. The van der Waals surface area contributed by atoms with Gasteiger partial charge in [-0.3, -0.25) is 0 Å². The molecule has 0 aliphatic heterocycles. The molecule has 0 aromatic heterocycles. The van der Waals surface area contributed by atoms with Crippen LogP contribution in [0.3, 0.4) is 0 Å². The van der Waals surface area contributed by atoms with Crippen molar-refractivity contribution >= 4 is 0 Å². The Kier molecular flexibility index (Phi) is 4.20. The summed E-state index contributed by atoms with van der Waals surface area (Å²) in [4.78, 5) is 0. The van der Waals surface area contributed by atoms with Gasteiger partial charge in [0, 0.05) is 12.1 Å². The van der Waals surface area contributed by atoms with Crippen molar-refractivity contribution in [2.45, 2.75) is 51.5 Å². The van der Waals surface area contributed by atoms with Crippen molar-refractivity contribution in [3.63, 3.8) is 0 Å². The minimum Gasteiger partial charge on any atom is -0.329 e. The molecule has 1 fully saturated rings. The van der Waals surface area contributed by atoms with Crippen LogP contribution in [-0.2, 0) is 0 Å². The molecule has 0 saturated heterocycles. The van der Waals surface area contributed by atoms with Gasteiger partial charge in [0.25, 0.3) is 0 Å². The first-order valence-corrected chi connectivity index (χ1v) is 5.74. The molecule has 0 bridgehead atoms. The van der Waals surface area contributed by atoms with E-state index in [9.17, 15) is 0 Å². The highest BCUT2D eigenvalue weighted by Gasteiger charge is 2.39. The monoisotopic (exact) mass is 184 g/mol. The Morgan fingerprint density at radius 3 is 2.77 bits per heavy atom. The number of rotatable bonds is 5. The summed E-state index contributed by atoms with van der Waals surface area (Å²) in [6.07, 6.45) is 6.48. The predicted molar refractivity (Wildman–Crippen MR) is 57.7 cm³/mol. The molecule has 0 amide bonds. The highest BCUT2D eigenvalue weighted by Crippen LogP contribution is 2.36. The third-order valence-electron chi connectivity index (χ3n) is 3.54. The molecule has 2 nitrogen and oxygen atoms in total. The Bertz CT molecular complexity index is 147. The molecule has 3 N–H and O–H groups in total. The minimum absolute atomic E-state index is 0.283. The summed E-state index contributed by atoms with van der Waals surface area (Å²) in [5.74, 6) is 0.809. The number of nitrogens with one attached hydrogen (secondary N) is 1. The highest BCUT2D eigenvalue weighted by atomic mass is 15.0. The van der Waals surface area contributed by atoms with Gasteiger partial charge in [-0.25, -0.2) is 0 Å². The number of hydrogen-bond donors (Lipinski definition) is 2. The van der Waals surface area contributed by atoms with Gasteiger partial charge in [0.1, 0.15) is 0 Å². The van der Waals surface area contributed by atoms with Gasteiger partial charge in [-0.1, -0.05) is 26.7 Å². The van der Waals surface area contributed by atoms with Crippen LogP contribution in [0.2, 0.25) is 0 Å². The van der Waals surface area contributed by atoms with Gasteiger partial charge in [-0.15, -0.1) is 0 Å². The summed E-state index contributed by atoms with van der Waals surface area (Å²) in [5, 5.41) is 3.67. The Hall–Kier alpha value is -0.0800. The van der Waals surface area contributed by atoms with Crippen LogP contribution < -0.4 is 11.1 Å². The molecule has 78 valence electrons. The molecule has 1 saturated carbocycles. The first-order valence-electron chi connectivity index (χ1n) is 5.74. The molecule has 2 atom stereocenters. The van der Waals surface area contributed by atoms with E-state index in [2.05, 4.69) is 19.2 Å². The number of nitrogens with two attached hydrogens (primary N) is 1. The summed E-state index contributed by atoms with van der Waals surface area (Å²) in [6, 6.07) is 0. The second-order valence-electron chi connectivity index (χ2n) is 4.28. The zero-order valence-electron chi connectivity index (χ0n) is 9.10. The topological polar surface area (TPSA) is 38.0 Å². The van der Waals surface area contributed by atoms with Crippen LogP contribution in [0.25, 0.3) is 0 Å². The first kappa shape index (κ1) is 11.0. The van der Waals surface area contributed by atoms with Gasteiger partial charge in [-0.05, 0) is 31.7 Å². The molecule has 0 aromatic rings. The molecule has 13 heavy (non-hydrogen) atoms. The predicted octanol–water partition coefficient (Wildman–Crippen LogP) is 1.89. The van der Waals surface area contributed by atoms with Crippen LogP contribution in [0.1, 0.15) is 46.0 Å². The fraction of sp³-hybridized carbons (Fsp3) is 1.00. The van der Waals surface area contributed by atoms with E-state index in [0.717, 1.165) is 19.0 Å². The average molecular weight is 184 g/mol. The molecule has 1 rings (SSSR count). The first-order chi connectivity index (χ1) is 6.29. The van der Waals surface area contributed by atoms with Gasteiger partial charge in [0.05, 0.1) is 0 Å². The zero-order chi connectivity index (χ0) is 9.73. The lowest BCUT2D eigenvalue weighted by molar-refractivity contribution is 0.246. The Balaban J connectivity index is 2.55. The number of hydrogen-bond acceptors (Lipinski definition) is 2. The van der Waals surface area contributed by atoms with Crippen LogP contribution in [0, 0.1) is 5.92 Å². The quantitative estimate of drug-likeness (QED) is 0.685. The van der Waals surface area contributed by atoms with E-state index < -0.39 is 0 Å². The minimum atomic E-state index is 0.283. The normalized spacial score (nSPS) is 33.9. The summed E-state index contributed by atoms with van der Waals surface area (Å²) >= 11 is 0. The molecule has 1 aliphatic rings. The smallest absolute Gasteiger partial charge is 0.0332 e. The van der Waals surface area contributed by atoms with Crippen molar-refractivity contribution < 1.29 is 0 Å². The maximum absolute atomic E-state index is 5.91. The van der Waals surface area contributed by atoms with Crippen molar-refractivity contribution in [3.05, 3.63) is 0 Å². The Labute approximate surface area is 82.3 Å². The Morgan fingerprint density at radius 1 is 1.46 bits per heavy atom. The summed E-state index contributed by atoms with van der Waals surface area (Å²) in [6.45, 7) is 6.43. The molecule has 0 radical (unpaired) electrons. The third kappa shape index (κ3) is 2.23. The third-order valence-corrected chi connectivity index (χ3v) is 3.54. The van der Waals surface area contributed by atoms with Gasteiger partial charge in [-0.2, -0.15) is 0 Å². The van der Waals surface area contributed by atoms with E-state index in [0.29, 0.717) is 0 Å². The van der Waals surface area contributed by atoms with Crippen molar-refractivity contribution in [3.8, 4) is 0 Å². The van der Waals surface area contributed by atoms with E-state index in [4.69, 9.17) is 5.73 Å². The lowest BCUT2D eigenvalue weighted by atomic mass is 9.85. The molecule has 2 heteroatoms. The van der Waals surface area contributed by atoms with E-state index in [1.807, 2.05) is 0 Å². The van der Waals surface area contributed by atoms with Crippen LogP contribution in [0.5, 0.6) is 0 Å². The van der Waals surface area contributed by atoms with E-state index >= 15 is 0 Å².